The number of hydrogen-bond donors (Lipinski definition) is 2. The molecule has 6 aromatic rings. The zero-order chi connectivity index (χ0) is 47.8. The molecule has 7 heterocycles. The Kier molecular flexibility index (Phi) is 14.2. The Morgan fingerprint density at radius 1 is 0.662 bits per heavy atom. The highest BCUT2D eigenvalue weighted by Crippen LogP contribution is 2.42. The van der Waals surface area contributed by atoms with Crippen LogP contribution in [-0.4, -0.2) is 121 Å². The van der Waals surface area contributed by atoms with E-state index in [0.29, 0.717) is 50.4 Å². The first-order chi connectivity index (χ1) is 32.7. The number of unbranched alkanes of at least 4 members (excludes halogenated alkanes) is 1. The molecule has 0 aliphatic carbocycles. The first-order valence-electron chi connectivity index (χ1n) is 23.0. The molecule has 2 atom stereocenters. The average molecular weight is 994 g/mol. The number of halogens is 2. The largest absolute Gasteiger partial charge is 0.354 e. The lowest BCUT2D eigenvalue weighted by Gasteiger charge is -2.32. The number of amides is 2. The van der Waals surface area contributed by atoms with Crippen LogP contribution in [0.15, 0.2) is 58.5 Å². The number of aryl methyl sites for hydroxylation is 3. The summed E-state index contributed by atoms with van der Waals surface area (Å²) in [5.41, 5.74) is 6.71. The minimum Gasteiger partial charge on any atom is -0.354 e. The smallest absolute Gasteiger partial charge is 0.261 e. The van der Waals surface area contributed by atoms with Crippen LogP contribution in [0.25, 0.3) is 10.0 Å². The summed E-state index contributed by atoms with van der Waals surface area (Å²) in [4.78, 5) is 58.4. The molecule has 0 saturated carbocycles. The van der Waals surface area contributed by atoms with Crippen LogP contribution in [0.2, 0.25) is 10.0 Å². The third-order valence-electron chi connectivity index (χ3n) is 13.0. The van der Waals surface area contributed by atoms with Gasteiger partial charge in [-0.05, 0) is 96.4 Å². The van der Waals surface area contributed by atoms with Crippen molar-refractivity contribution in [2.24, 2.45) is 9.98 Å². The summed E-state index contributed by atoms with van der Waals surface area (Å²) in [6.07, 6.45) is 2.44. The van der Waals surface area contributed by atoms with Gasteiger partial charge in [0.2, 0.25) is 5.91 Å². The Balaban J connectivity index is 0.900. The molecule has 0 spiro atoms. The lowest BCUT2D eigenvalue weighted by Crippen LogP contribution is -2.44. The van der Waals surface area contributed by atoms with Gasteiger partial charge in [0.25, 0.3) is 5.91 Å². The number of piperazine rings is 1. The Morgan fingerprint density at radius 2 is 1.19 bits per heavy atom. The summed E-state index contributed by atoms with van der Waals surface area (Å²) >= 11 is 15.6. The summed E-state index contributed by atoms with van der Waals surface area (Å²) in [5.74, 6) is 2.07. The Hall–Kier alpha value is -5.43. The van der Waals surface area contributed by atoms with Crippen molar-refractivity contribution in [3.05, 3.63) is 125 Å². The fourth-order valence-electron chi connectivity index (χ4n) is 9.12. The number of carbonyl (C=O) groups is 3. The van der Waals surface area contributed by atoms with Crippen LogP contribution in [-0.2, 0) is 9.59 Å². The van der Waals surface area contributed by atoms with E-state index in [9.17, 15) is 14.4 Å². The van der Waals surface area contributed by atoms with E-state index in [4.69, 9.17) is 33.2 Å². The maximum atomic E-state index is 14.1. The minimum absolute atomic E-state index is 0.0177. The molecule has 3 aliphatic heterocycles. The lowest BCUT2D eigenvalue weighted by atomic mass is 9.99. The van der Waals surface area contributed by atoms with Gasteiger partial charge >= 0.3 is 0 Å². The molecule has 9 rings (SSSR count). The number of hydrogen-bond acceptors (Lipinski definition) is 13. The molecule has 2 aromatic carbocycles. The number of fused-ring (bicyclic) bond motifs is 6. The zero-order valence-electron chi connectivity index (χ0n) is 39.0. The molecule has 2 amide bonds. The molecule has 3 aliphatic rings. The number of ketones is 1. The van der Waals surface area contributed by atoms with Crippen LogP contribution in [0.4, 0.5) is 0 Å². The van der Waals surface area contributed by atoms with E-state index in [0.717, 1.165) is 99.5 Å². The normalized spacial score (nSPS) is 17.0. The quantitative estimate of drug-likeness (QED) is 0.0972. The number of carbonyl (C=O) groups excluding carboxylic acids is 3. The first kappa shape index (κ1) is 47.6. The van der Waals surface area contributed by atoms with Crippen molar-refractivity contribution < 1.29 is 14.4 Å². The Morgan fingerprint density at radius 3 is 1.78 bits per heavy atom. The van der Waals surface area contributed by atoms with Crippen molar-refractivity contribution in [2.75, 3.05) is 52.9 Å². The standard InChI is InChI=1S/C49H54Cl2N12O3S2/c1-27-29(3)67-48-40(27)42(32-10-14-34(50)15-11-32)55-38(46-59-56-30(4)62(46)48)26-39(65)52-18-19-53-47(66)44-28(2)41-43(33-12-16-35(51)17-13-33)54-37(45-58-57-31(5)63(45)49(41)68-44)25-36(64)9-7-8-20-61-23-21-60(6)22-24-61/h10-17,37-38H,7-9,18-26H2,1-6H3,(H,52,65)(H,53,66)/t37-,38-/m0/s1. The maximum Gasteiger partial charge on any atom is 0.261 e. The van der Waals surface area contributed by atoms with Crippen LogP contribution >= 0.6 is 45.9 Å². The molecule has 1 saturated heterocycles. The van der Waals surface area contributed by atoms with Crippen molar-refractivity contribution in [1.82, 2.24) is 50.0 Å². The third-order valence-corrected chi connectivity index (χ3v) is 16.0. The van der Waals surface area contributed by atoms with Gasteiger partial charge in [-0.3, -0.25) is 33.5 Å². The van der Waals surface area contributed by atoms with E-state index >= 15 is 0 Å². The second-order valence-electron chi connectivity index (χ2n) is 17.7. The van der Waals surface area contributed by atoms with E-state index in [1.807, 2.05) is 78.4 Å². The summed E-state index contributed by atoms with van der Waals surface area (Å²) in [5, 5.41) is 26.9. The molecule has 354 valence electrons. The highest BCUT2D eigenvalue weighted by atomic mass is 35.5. The molecule has 2 N–H and O–H groups in total. The number of thiophene rings is 2. The molecule has 0 bridgehead atoms. The summed E-state index contributed by atoms with van der Waals surface area (Å²) in [7, 11) is 2.15. The second kappa shape index (κ2) is 20.3. The van der Waals surface area contributed by atoms with Gasteiger partial charge in [0, 0.05) is 89.3 Å². The Bertz CT molecular complexity index is 2940. The maximum absolute atomic E-state index is 14.1. The predicted molar refractivity (Wildman–Crippen MR) is 269 cm³/mol. The number of rotatable bonds is 15. The van der Waals surface area contributed by atoms with Crippen LogP contribution in [0.1, 0.15) is 115 Å². The van der Waals surface area contributed by atoms with Crippen molar-refractivity contribution >= 4 is 74.9 Å². The monoisotopic (exact) mass is 992 g/mol. The molecule has 15 nitrogen and oxygen atoms in total. The van der Waals surface area contributed by atoms with Gasteiger partial charge in [-0.1, -0.05) is 47.5 Å². The molecular formula is C49H54Cl2N12O3S2. The van der Waals surface area contributed by atoms with Crippen LogP contribution in [0.5, 0.6) is 0 Å². The van der Waals surface area contributed by atoms with Gasteiger partial charge in [0.15, 0.2) is 11.6 Å². The highest BCUT2D eigenvalue weighted by Gasteiger charge is 2.35. The van der Waals surface area contributed by atoms with Gasteiger partial charge in [0.1, 0.15) is 39.5 Å². The second-order valence-corrected chi connectivity index (χ2v) is 20.8. The van der Waals surface area contributed by atoms with Gasteiger partial charge in [-0.2, -0.15) is 0 Å². The molecule has 19 heteroatoms. The molecule has 68 heavy (non-hydrogen) atoms. The van der Waals surface area contributed by atoms with Crippen molar-refractivity contribution in [1.29, 1.82) is 0 Å². The number of aliphatic imine (C=N–C) groups is 2. The van der Waals surface area contributed by atoms with Crippen molar-refractivity contribution in [3.63, 3.8) is 0 Å². The third kappa shape index (κ3) is 9.74. The SMILES string of the molecule is Cc1sc2c(c1C)C(c1ccc(Cl)cc1)=N[C@@H](CC(=O)NCCNC(=O)c1sc3c(c1C)C(c1ccc(Cl)cc1)=N[C@@H](CC(=O)CCCCN1CCN(C)CC1)c1nnc(C)n1-3)c1nnc(C)n1-2. The fourth-order valence-corrected chi connectivity index (χ4v) is 11.9. The Labute approximate surface area is 413 Å². The van der Waals surface area contributed by atoms with Gasteiger partial charge in [-0.25, -0.2) is 0 Å². The van der Waals surface area contributed by atoms with Gasteiger partial charge < -0.3 is 20.4 Å². The van der Waals surface area contributed by atoms with Crippen molar-refractivity contribution in [2.45, 2.75) is 78.8 Å². The summed E-state index contributed by atoms with van der Waals surface area (Å²) < 4.78 is 3.96. The minimum atomic E-state index is -0.627. The molecular weight excluding hydrogens is 940 g/mol. The van der Waals surface area contributed by atoms with E-state index in [1.54, 1.807) is 11.3 Å². The molecule has 4 aromatic heterocycles. The van der Waals surface area contributed by atoms with Crippen LogP contribution < -0.4 is 10.6 Å². The molecule has 0 unspecified atom stereocenters. The van der Waals surface area contributed by atoms with E-state index in [-0.39, 0.29) is 43.5 Å². The van der Waals surface area contributed by atoms with Crippen molar-refractivity contribution in [3.8, 4) is 10.0 Å². The van der Waals surface area contributed by atoms with Gasteiger partial charge in [-0.15, -0.1) is 43.1 Å². The number of benzene rings is 2. The first-order valence-corrected chi connectivity index (χ1v) is 25.4. The zero-order valence-corrected chi connectivity index (χ0v) is 42.2. The molecule has 1 fully saturated rings. The highest BCUT2D eigenvalue weighted by molar-refractivity contribution is 7.17. The van der Waals surface area contributed by atoms with Crippen LogP contribution in [0, 0.1) is 34.6 Å². The average Bonchev–Trinajstić information content (AvgIpc) is 4.03. The number of nitrogens with zero attached hydrogens (tertiary/aromatic N) is 10. The van der Waals surface area contributed by atoms with E-state index < -0.39 is 12.1 Å². The fraction of sp³-hybridized carbons (Fsp3) is 0.408. The number of nitrogens with one attached hydrogen (secondary N) is 2. The lowest BCUT2D eigenvalue weighted by molar-refractivity contribution is -0.121. The molecule has 0 radical (unpaired) electrons. The van der Waals surface area contributed by atoms with Gasteiger partial charge in [0.05, 0.1) is 22.7 Å². The summed E-state index contributed by atoms with van der Waals surface area (Å²) in [6.45, 7) is 15.5. The number of likely N-dealkylation sites (N-methyl/N-ethyl adjacent to an activating group) is 1. The van der Waals surface area contributed by atoms with Crippen LogP contribution in [0.3, 0.4) is 0 Å². The number of aromatic nitrogens is 6. The topological polar surface area (TPSA) is 168 Å². The summed E-state index contributed by atoms with van der Waals surface area (Å²) in [6, 6.07) is 13.8. The number of Topliss-reactive ketones (excluding diaryl/α,β-unsaturated/α-hetero) is 1. The van der Waals surface area contributed by atoms with E-state index in [2.05, 4.69) is 61.7 Å². The van der Waals surface area contributed by atoms with E-state index in [1.165, 1.54) is 11.3 Å². The predicted octanol–water partition coefficient (Wildman–Crippen LogP) is 7.92.